The summed E-state index contributed by atoms with van der Waals surface area (Å²) in [5.41, 5.74) is 1.55. The number of benzene rings is 1. The lowest BCUT2D eigenvalue weighted by Gasteiger charge is -2.30. The van der Waals surface area contributed by atoms with Crippen molar-refractivity contribution in [2.75, 3.05) is 13.1 Å². The highest BCUT2D eigenvalue weighted by Crippen LogP contribution is 2.34. The maximum Gasteiger partial charge on any atom is 0.410 e. The van der Waals surface area contributed by atoms with Gasteiger partial charge in [0, 0.05) is 24.0 Å². The van der Waals surface area contributed by atoms with Crippen molar-refractivity contribution in [3.8, 4) is 0 Å². The first-order chi connectivity index (χ1) is 11.2. The smallest absolute Gasteiger partial charge is 0.410 e. The minimum atomic E-state index is -0.544. The lowest BCUT2D eigenvalue weighted by Crippen LogP contribution is -2.39. The minimum Gasteiger partial charge on any atom is -0.462 e. The van der Waals surface area contributed by atoms with Crippen molar-refractivity contribution in [3.63, 3.8) is 0 Å². The van der Waals surface area contributed by atoms with E-state index in [1.165, 1.54) is 12.1 Å². The van der Waals surface area contributed by atoms with Crippen LogP contribution < -0.4 is 0 Å². The van der Waals surface area contributed by atoms with Gasteiger partial charge in [0.15, 0.2) is 5.58 Å². The molecule has 0 radical (unpaired) electrons. The molecule has 3 rings (SSSR count). The summed E-state index contributed by atoms with van der Waals surface area (Å²) in [4.78, 5) is 13.9. The molecule has 0 saturated heterocycles. The zero-order valence-corrected chi connectivity index (χ0v) is 14.6. The van der Waals surface area contributed by atoms with E-state index in [1.807, 2.05) is 26.8 Å². The Hall–Kier alpha value is -2.01. The molecule has 0 fully saturated rings. The highest BCUT2D eigenvalue weighted by molar-refractivity contribution is 6.35. The van der Waals surface area contributed by atoms with Crippen LogP contribution in [0.2, 0.25) is 5.02 Å². The Kier molecular flexibility index (Phi) is 4.30. The molecule has 4 nitrogen and oxygen atoms in total. The number of carbonyl (C=O) groups is 1. The van der Waals surface area contributed by atoms with Crippen molar-refractivity contribution in [2.45, 2.75) is 32.8 Å². The van der Waals surface area contributed by atoms with E-state index >= 15 is 0 Å². The van der Waals surface area contributed by atoms with Crippen molar-refractivity contribution >= 4 is 34.2 Å². The van der Waals surface area contributed by atoms with Gasteiger partial charge in [-0.2, -0.15) is 0 Å². The van der Waals surface area contributed by atoms with Crippen LogP contribution in [-0.4, -0.2) is 29.7 Å². The third kappa shape index (κ3) is 3.41. The zero-order valence-electron chi connectivity index (χ0n) is 13.9. The first-order valence-corrected chi connectivity index (χ1v) is 8.16. The fraction of sp³-hybridized carbons (Fsp3) is 0.389. The van der Waals surface area contributed by atoms with Gasteiger partial charge in [-0.1, -0.05) is 17.7 Å². The van der Waals surface area contributed by atoms with E-state index in [0.717, 1.165) is 11.1 Å². The normalized spacial score (nSPS) is 15.5. The molecule has 0 spiro atoms. The van der Waals surface area contributed by atoms with Crippen LogP contribution in [0.5, 0.6) is 0 Å². The number of nitrogens with zero attached hydrogens (tertiary/aromatic N) is 1. The van der Waals surface area contributed by atoms with Crippen LogP contribution in [0, 0.1) is 5.82 Å². The molecule has 0 saturated carbocycles. The van der Waals surface area contributed by atoms with Crippen LogP contribution in [0.15, 0.2) is 28.9 Å². The van der Waals surface area contributed by atoms with Crippen LogP contribution in [-0.2, 0) is 4.74 Å². The maximum absolute atomic E-state index is 13.7. The molecule has 1 aromatic carbocycles. The number of ether oxygens (including phenoxy) is 1. The summed E-state index contributed by atoms with van der Waals surface area (Å²) in [6, 6.07) is 2.62. The predicted molar refractivity (Wildman–Crippen MR) is 91.6 cm³/mol. The number of rotatable bonds is 1. The van der Waals surface area contributed by atoms with E-state index in [9.17, 15) is 9.18 Å². The number of carbonyl (C=O) groups excluding carboxylic acids is 1. The predicted octanol–water partition coefficient (Wildman–Crippen LogP) is 5.25. The summed E-state index contributed by atoms with van der Waals surface area (Å²) < 4.78 is 24.6. The van der Waals surface area contributed by atoms with Crippen LogP contribution in [0.4, 0.5) is 9.18 Å². The molecule has 0 N–H and O–H groups in total. The van der Waals surface area contributed by atoms with E-state index in [1.54, 1.807) is 11.2 Å². The van der Waals surface area contributed by atoms with Gasteiger partial charge in [-0.3, -0.25) is 0 Å². The van der Waals surface area contributed by atoms with Gasteiger partial charge >= 0.3 is 6.09 Å². The van der Waals surface area contributed by atoms with Crippen molar-refractivity contribution < 1.29 is 18.3 Å². The largest absolute Gasteiger partial charge is 0.462 e. The van der Waals surface area contributed by atoms with Crippen LogP contribution >= 0.6 is 11.6 Å². The molecular weight excluding hydrogens is 333 g/mol. The maximum atomic E-state index is 13.7. The number of furan rings is 1. The summed E-state index contributed by atoms with van der Waals surface area (Å²) in [5.74, 6) is -0.421. The fourth-order valence-electron chi connectivity index (χ4n) is 2.73. The highest BCUT2D eigenvalue weighted by Gasteiger charge is 2.26. The van der Waals surface area contributed by atoms with Gasteiger partial charge in [-0.25, -0.2) is 9.18 Å². The summed E-state index contributed by atoms with van der Waals surface area (Å²) in [6.07, 6.45) is 3.93. The summed E-state index contributed by atoms with van der Waals surface area (Å²) in [7, 11) is 0. The molecular formula is C18H19ClFNO3. The summed E-state index contributed by atoms with van der Waals surface area (Å²) in [5, 5.41) is 0.842. The van der Waals surface area contributed by atoms with Gasteiger partial charge in [-0.15, -0.1) is 0 Å². The molecule has 1 aromatic heterocycles. The molecule has 0 bridgehead atoms. The van der Waals surface area contributed by atoms with Gasteiger partial charge in [0.1, 0.15) is 11.4 Å². The standard InChI is InChI=1S/C18H19ClFNO3/c1-18(2,3)24-17(22)21-6-4-5-11(9-21)14-10-23-16-13(14)7-12(20)8-15(16)19/h5,7-8,10H,4,6,9H2,1-3H3. The summed E-state index contributed by atoms with van der Waals surface area (Å²) >= 11 is 6.03. The lowest BCUT2D eigenvalue weighted by molar-refractivity contribution is 0.0273. The molecule has 2 heterocycles. The Balaban J connectivity index is 1.88. The molecule has 2 aromatic rings. The average molecular weight is 352 g/mol. The second-order valence-corrected chi connectivity index (χ2v) is 7.24. The number of amides is 1. The molecule has 0 unspecified atom stereocenters. The molecule has 24 heavy (non-hydrogen) atoms. The van der Waals surface area contributed by atoms with Crippen molar-refractivity contribution in [2.24, 2.45) is 0 Å². The van der Waals surface area contributed by atoms with Gasteiger partial charge in [0.25, 0.3) is 0 Å². The van der Waals surface area contributed by atoms with E-state index in [2.05, 4.69) is 0 Å². The SMILES string of the molecule is CC(C)(C)OC(=O)N1CCC=C(c2coc3c(Cl)cc(F)cc23)C1. The number of halogens is 2. The van der Waals surface area contributed by atoms with Gasteiger partial charge < -0.3 is 14.1 Å². The molecule has 1 aliphatic rings. The quantitative estimate of drug-likeness (QED) is 0.704. The number of hydrogen-bond donors (Lipinski definition) is 0. The first kappa shape index (κ1) is 16.8. The van der Waals surface area contributed by atoms with Crippen LogP contribution in [0.1, 0.15) is 32.8 Å². The second kappa shape index (κ2) is 6.13. The van der Waals surface area contributed by atoms with Crippen LogP contribution in [0.3, 0.4) is 0 Å². The molecule has 1 aliphatic heterocycles. The van der Waals surface area contributed by atoms with Gasteiger partial charge in [-0.05, 0) is 44.9 Å². The van der Waals surface area contributed by atoms with Gasteiger partial charge in [0.05, 0.1) is 11.3 Å². The topological polar surface area (TPSA) is 42.7 Å². The monoisotopic (exact) mass is 351 g/mol. The van der Waals surface area contributed by atoms with E-state index in [4.69, 9.17) is 20.8 Å². The first-order valence-electron chi connectivity index (χ1n) is 7.78. The van der Waals surface area contributed by atoms with Crippen molar-refractivity contribution in [1.82, 2.24) is 4.90 Å². The van der Waals surface area contributed by atoms with Crippen molar-refractivity contribution in [1.29, 1.82) is 0 Å². The third-order valence-corrected chi connectivity index (χ3v) is 4.02. The van der Waals surface area contributed by atoms with E-state index in [-0.39, 0.29) is 11.1 Å². The molecule has 128 valence electrons. The Labute approximate surface area is 144 Å². The molecule has 6 heteroatoms. The van der Waals surface area contributed by atoms with Crippen LogP contribution in [0.25, 0.3) is 16.5 Å². The number of hydrogen-bond acceptors (Lipinski definition) is 3. The van der Waals surface area contributed by atoms with Crippen molar-refractivity contribution in [3.05, 3.63) is 40.9 Å². The molecule has 0 aliphatic carbocycles. The Morgan fingerprint density at radius 2 is 2.12 bits per heavy atom. The van der Waals surface area contributed by atoms with E-state index in [0.29, 0.717) is 30.5 Å². The Morgan fingerprint density at radius 3 is 2.83 bits per heavy atom. The molecule has 0 atom stereocenters. The second-order valence-electron chi connectivity index (χ2n) is 6.83. The number of fused-ring (bicyclic) bond motifs is 1. The Morgan fingerprint density at radius 1 is 1.38 bits per heavy atom. The highest BCUT2D eigenvalue weighted by atomic mass is 35.5. The zero-order chi connectivity index (χ0) is 17.5. The minimum absolute atomic E-state index is 0.233. The van der Waals surface area contributed by atoms with E-state index < -0.39 is 11.4 Å². The lowest BCUT2D eigenvalue weighted by atomic mass is 10.0. The summed E-state index contributed by atoms with van der Waals surface area (Å²) in [6.45, 7) is 6.47. The third-order valence-electron chi connectivity index (χ3n) is 3.74. The Bertz CT molecular complexity index is 820. The fourth-order valence-corrected chi connectivity index (χ4v) is 2.98. The average Bonchev–Trinajstić information content (AvgIpc) is 2.89. The van der Waals surface area contributed by atoms with Gasteiger partial charge in [0.2, 0.25) is 0 Å². The molecule has 1 amide bonds.